The molecule has 0 unspecified atom stereocenters. The highest BCUT2D eigenvalue weighted by Crippen LogP contribution is 2.37. The van der Waals surface area contributed by atoms with Crippen LogP contribution < -0.4 is 0 Å². The standard InChI is InChI=1S/C16H28O5Si/c1-8-19-15(18)13-9-11(2)12(14(17)21-13)10-20-22(6,7)16(3,4)5/h9,11-12H,8,10H2,1-7H3/t11-,12-/m0/s1. The van der Waals surface area contributed by atoms with Gasteiger partial charge in [0.1, 0.15) is 0 Å². The van der Waals surface area contributed by atoms with E-state index < -0.39 is 20.3 Å². The monoisotopic (exact) mass is 328 g/mol. The van der Waals surface area contributed by atoms with Gasteiger partial charge in [0.05, 0.1) is 12.5 Å². The maximum atomic E-state index is 12.2. The Labute approximate surface area is 134 Å². The van der Waals surface area contributed by atoms with E-state index in [9.17, 15) is 9.59 Å². The number of carbonyl (C=O) groups is 2. The first-order chi connectivity index (χ1) is 9.99. The van der Waals surface area contributed by atoms with Gasteiger partial charge in [-0.1, -0.05) is 27.7 Å². The first kappa shape index (κ1) is 18.9. The highest BCUT2D eigenvalue weighted by atomic mass is 28.4. The summed E-state index contributed by atoms with van der Waals surface area (Å²) in [7, 11) is -1.92. The van der Waals surface area contributed by atoms with Gasteiger partial charge in [-0.15, -0.1) is 0 Å². The van der Waals surface area contributed by atoms with E-state index in [0.29, 0.717) is 6.61 Å². The van der Waals surface area contributed by atoms with Crippen LogP contribution in [0.3, 0.4) is 0 Å². The zero-order valence-electron chi connectivity index (χ0n) is 14.7. The Morgan fingerprint density at radius 3 is 2.41 bits per heavy atom. The molecule has 1 rings (SSSR count). The number of hydrogen-bond donors (Lipinski definition) is 0. The van der Waals surface area contributed by atoms with Crippen molar-refractivity contribution in [3.8, 4) is 0 Å². The van der Waals surface area contributed by atoms with Crippen molar-refractivity contribution in [2.75, 3.05) is 13.2 Å². The second-order valence-electron chi connectivity index (χ2n) is 7.21. The summed E-state index contributed by atoms with van der Waals surface area (Å²) in [6.45, 7) is 14.9. The summed E-state index contributed by atoms with van der Waals surface area (Å²) in [5.74, 6) is -1.52. The molecule has 0 amide bonds. The number of esters is 2. The van der Waals surface area contributed by atoms with Crippen LogP contribution in [0, 0.1) is 11.8 Å². The van der Waals surface area contributed by atoms with Gasteiger partial charge in [0.25, 0.3) is 0 Å². The summed E-state index contributed by atoms with van der Waals surface area (Å²) in [6, 6.07) is 0. The van der Waals surface area contributed by atoms with Crippen LogP contribution in [-0.2, 0) is 23.5 Å². The van der Waals surface area contributed by atoms with Crippen molar-refractivity contribution in [1.82, 2.24) is 0 Å². The Bertz CT molecular complexity index is 462. The molecule has 22 heavy (non-hydrogen) atoms. The lowest BCUT2D eigenvalue weighted by atomic mass is 9.92. The van der Waals surface area contributed by atoms with Gasteiger partial charge >= 0.3 is 11.9 Å². The number of carbonyl (C=O) groups excluding carboxylic acids is 2. The van der Waals surface area contributed by atoms with E-state index in [1.807, 2.05) is 6.92 Å². The van der Waals surface area contributed by atoms with Crippen LogP contribution in [0.5, 0.6) is 0 Å². The number of allylic oxidation sites excluding steroid dienone is 1. The molecule has 0 radical (unpaired) electrons. The molecule has 6 heteroatoms. The number of cyclic esters (lactones) is 1. The van der Waals surface area contributed by atoms with Crippen LogP contribution in [0.2, 0.25) is 18.1 Å². The molecule has 0 bridgehead atoms. The van der Waals surface area contributed by atoms with Gasteiger partial charge in [0.15, 0.2) is 8.32 Å². The van der Waals surface area contributed by atoms with Gasteiger partial charge in [-0.05, 0) is 37.0 Å². The van der Waals surface area contributed by atoms with E-state index in [2.05, 4.69) is 33.9 Å². The topological polar surface area (TPSA) is 61.8 Å². The molecule has 0 aromatic heterocycles. The molecule has 1 aliphatic heterocycles. The highest BCUT2D eigenvalue weighted by Gasteiger charge is 2.40. The van der Waals surface area contributed by atoms with Crippen LogP contribution in [0.4, 0.5) is 0 Å². The Morgan fingerprint density at radius 2 is 1.95 bits per heavy atom. The fourth-order valence-corrected chi connectivity index (χ4v) is 2.86. The molecule has 0 aliphatic carbocycles. The lowest BCUT2D eigenvalue weighted by Crippen LogP contribution is -2.44. The van der Waals surface area contributed by atoms with Gasteiger partial charge in [-0.25, -0.2) is 4.79 Å². The molecule has 0 saturated heterocycles. The molecule has 126 valence electrons. The molecule has 0 N–H and O–H groups in total. The first-order valence-corrected chi connectivity index (χ1v) is 10.6. The van der Waals surface area contributed by atoms with Crippen molar-refractivity contribution in [3.05, 3.63) is 11.8 Å². The van der Waals surface area contributed by atoms with Gasteiger partial charge < -0.3 is 13.9 Å². The Morgan fingerprint density at radius 1 is 1.36 bits per heavy atom. The fourth-order valence-electron chi connectivity index (χ4n) is 1.83. The average Bonchev–Trinajstić information content (AvgIpc) is 2.36. The first-order valence-electron chi connectivity index (χ1n) is 7.74. The van der Waals surface area contributed by atoms with Crippen LogP contribution in [0.1, 0.15) is 34.6 Å². The zero-order chi connectivity index (χ0) is 17.1. The summed E-state index contributed by atoms with van der Waals surface area (Å²) in [6.07, 6.45) is 1.65. The smallest absolute Gasteiger partial charge is 0.374 e. The van der Waals surface area contributed by atoms with Crippen molar-refractivity contribution >= 4 is 20.3 Å². The molecular formula is C16H28O5Si. The Kier molecular flexibility index (Phi) is 5.98. The summed E-state index contributed by atoms with van der Waals surface area (Å²) in [5.41, 5.74) is 0. The summed E-state index contributed by atoms with van der Waals surface area (Å²) >= 11 is 0. The summed E-state index contributed by atoms with van der Waals surface area (Å²) in [4.78, 5) is 23.8. The summed E-state index contributed by atoms with van der Waals surface area (Å²) < 4.78 is 16.1. The molecular weight excluding hydrogens is 300 g/mol. The predicted octanol–water partition coefficient (Wildman–Crippen LogP) is 3.26. The lowest BCUT2D eigenvalue weighted by Gasteiger charge is -2.38. The normalized spacial score (nSPS) is 22.9. The Balaban J connectivity index is 2.75. The molecule has 5 nitrogen and oxygen atoms in total. The third-order valence-electron chi connectivity index (χ3n) is 4.47. The van der Waals surface area contributed by atoms with E-state index in [1.54, 1.807) is 13.0 Å². The maximum absolute atomic E-state index is 12.2. The van der Waals surface area contributed by atoms with Crippen molar-refractivity contribution in [2.45, 2.75) is 52.8 Å². The van der Waals surface area contributed by atoms with E-state index in [-0.39, 0.29) is 29.2 Å². The fraction of sp³-hybridized carbons (Fsp3) is 0.750. The quantitative estimate of drug-likeness (QED) is 0.572. The minimum atomic E-state index is -1.92. The van der Waals surface area contributed by atoms with Gasteiger partial charge in [-0.2, -0.15) is 0 Å². The third-order valence-corrected chi connectivity index (χ3v) is 8.97. The largest absolute Gasteiger partial charge is 0.460 e. The van der Waals surface area contributed by atoms with Crippen LogP contribution in [-0.4, -0.2) is 33.5 Å². The molecule has 0 aromatic carbocycles. The molecule has 1 heterocycles. The van der Waals surface area contributed by atoms with Crippen molar-refractivity contribution < 1.29 is 23.5 Å². The van der Waals surface area contributed by atoms with Gasteiger partial charge in [-0.3, -0.25) is 4.79 Å². The minimum Gasteiger partial charge on any atom is -0.460 e. The molecule has 0 saturated carbocycles. The van der Waals surface area contributed by atoms with E-state index in [0.717, 1.165) is 0 Å². The molecule has 0 fully saturated rings. The van der Waals surface area contributed by atoms with Crippen molar-refractivity contribution in [3.63, 3.8) is 0 Å². The molecule has 0 aromatic rings. The maximum Gasteiger partial charge on any atom is 0.374 e. The second kappa shape index (κ2) is 6.96. The van der Waals surface area contributed by atoms with Gasteiger partial charge in [0, 0.05) is 6.61 Å². The SMILES string of the molecule is CCOC(=O)C1=C[C@H](C)[C@H](CO[Si](C)(C)C(C)(C)C)C(=O)O1. The number of hydrogen-bond acceptors (Lipinski definition) is 5. The third kappa shape index (κ3) is 4.43. The number of ether oxygens (including phenoxy) is 2. The molecule has 1 aliphatic rings. The lowest BCUT2D eigenvalue weighted by molar-refractivity contribution is -0.157. The van der Waals surface area contributed by atoms with Crippen LogP contribution in [0.15, 0.2) is 11.8 Å². The van der Waals surface area contributed by atoms with Crippen LogP contribution >= 0.6 is 0 Å². The van der Waals surface area contributed by atoms with Crippen molar-refractivity contribution in [2.24, 2.45) is 11.8 Å². The van der Waals surface area contributed by atoms with E-state index in [4.69, 9.17) is 13.9 Å². The Hall–Kier alpha value is -1.14. The molecule has 2 atom stereocenters. The van der Waals surface area contributed by atoms with E-state index in [1.165, 1.54) is 0 Å². The van der Waals surface area contributed by atoms with Crippen molar-refractivity contribution in [1.29, 1.82) is 0 Å². The highest BCUT2D eigenvalue weighted by molar-refractivity contribution is 6.74. The number of rotatable bonds is 5. The second-order valence-corrected chi connectivity index (χ2v) is 12.0. The van der Waals surface area contributed by atoms with E-state index >= 15 is 0 Å². The predicted molar refractivity (Wildman–Crippen MR) is 86.6 cm³/mol. The van der Waals surface area contributed by atoms with Gasteiger partial charge in [0.2, 0.25) is 5.76 Å². The molecule has 0 spiro atoms. The summed E-state index contributed by atoms with van der Waals surface area (Å²) in [5, 5.41) is 0.0841. The average molecular weight is 328 g/mol. The zero-order valence-corrected chi connectivity index (χ0v) is 15.7. The van der Waals surface area contributed by atoms with Crippen LogP contribution in [0.25, 0.3) is 0 Å². The minimum absolute atomic E-state index is 0.0112.